The molecule has 0 aromatic rings. The highest BCUT2D eigenvalue weighted by Crippen LogP contribution is 2.37. The molecule has 0 N–H and O–H groups in total. The second-order valence-corrected chi connectivity index (χ2v) is 4.68. The van der Waals surface area contributed by atoms with Crippen molar-refractivity contribution in [3.8, 4) is 0 Å². The Hall–Kier alpha value is -0.850. The molecule has 1 nitrogen and oxygen atoms in total. The molecule has 0 fully saturated rings. The van der Waals surface area contributed by atoms with E-state index in [1.807, 2.05) is 13.8 Å². The first-order chi connectivity index (χ1) is 6.11. The summed E-state index contributed by atoms with van der Waals surface area (Å²) >= 11 is 0. The van der Waals surface area contributed by atoms with Crippen LogP contribution in [0.25, 0.3) is 0 Å². The van der Waals surface area contributed by atoms with E-state index >= 15 is 0 Å². The van der Waals surface area contributed by atoms with Crippen LogP contribution in [0.1, 0.15) is 39.5 Å². The van der Waals surface area contributed by atoms with Crippen molar-refractivity contribution in [2.24, 2.45) is 5.41 Å². The van der Waals surface area contributed by atoms with Gasteiger partial charge in [0.15, 0.2) is 5.78 Å². The summed E-state index contributed by atoms with van der Waals surface area (Å²) in [5, 5.41) is 0. The third kappa shape index (κ3) is 1.37. The molecule has 2 aliphatic rings. The molecule has 0 bridgehead atoms. The lowest BCUT2D eigenvalue weighted by Crippen LogP contribution is -2.24. The zero-order valence-electron chi connectivity index (χ0n) is 8.39. The summed E-state index contributed by atoms with van der Waals surface area (Å²) in [5.74, 6) is 0.380. The second kappa shape index (κ2) is 2.83. The Labute approximate surface area is 79.5 Å². The molecule has 13 heavy (non-hydrogen) atoms. The van der Waals surface area contributed by atoms with Crippen LogP contribution >= 0.6 is 0 Å². The number of allylic oxidation sites excluding steroid dienone is 4. The van der Waals surface area contributed by atoms with Gasteiger partial charge in [-0.05, 0) is 36.8 Å². The van der Waals surface area contributed by atoms with Crippen LogP contribution in [0.2, 0.25) is 0 Å². The van der Waals surface area contributed by atoms with Crippen LogP contribution in [0.4, 0.5) is 0 Å². The molecule has 0 aliphatic heterocycles. The van der Waals surface area contributed by atoms with Crippen molar-refractivity contribution in [3.63, 3.8) is 0 Å². The van der Waals surface area contributed by atoms with Gasteiger partial charge in [0.05, 0.1) is 0 Å². The first kappa shape index (κ1) is 8.74. The molecule has 0 amide bonds. The van der Waals surface area contributed by atoms with Crippen LogP contribution in [-0.2, 0) is 4.79 Å². The first-order valence-electron chi connectivity index (χ1n) is 5.05. The van der Waals surface area contributed by atoms with Crippen molar-refractivity contribution in [2.75, 3.05) is 0 Å². The molecule has 0 unspecified atom stereocenters. The van der Waals surface area contributed by atoms with Crippen molar-refractivity contribution in [3.05, 3.63) is 23.3 Å². The van der Waals surface area contributed by atoms with Crippen molar-refractivity contribution in [1.82, 2.24) is 0 Å². The molecule has 0 aromatic heterocycles. The van der Waals surface area contributed by atoms with Gasteiger partial charge in [-0.2, -0.15) is 0 Å². The average molecular weight is 176 g/mol. The average Bonchev–Trinajstić information content (AvgIpc) is 2.47. The van der Waals surface area contributed by atoms with Crippen molar-refractivity contribution in [1.29, 1.82) is 0 Å². The van der Waals surface area contributed by atoms with Gasteiger partial charge in [0.2, 0.25) is 0 Å². The predicted molar refractivity (Wildman–Crippen MR) is 53.4 cm³/mol. The molecule has 70 valence electrons. The molecular formula is C12H16O. The van der Waals surface area contributed by atoms with E-state index in [-0.39, 0.29) is 5.41 Å². The first-order valence-corrected chi connectivity index (χ1v) is 5.05. The fourth-order valence-corrected chi connectivity index (χ4v) is 2.21. The number of carbonyl (C=O) groups is 1. The highest BCUT2D eigenvalue weighted by Gasteiger charge is 2.33. The third-order valence-electron chi connectivity index (χ3n) is 3.10. The standard InChI is InChI=1S/C12H16O/c1-12(2)8-4-6-9-5-3-7-10(9)11(12)13/h4,6H,3,5,7-8H2,1-2H3. The Morgan fingerprint density at radius 3 is 2.85 bits per heavy atom. The van der Waals surface area contributed by atoms with E-state index in [1.54, 1.807) is 0 Å². The van der Waals surface area contributed by atoms with Gasteiger partial charge in [-0.3, -0.25) is 4.79 Å². The predicted octanol–water partition coefficient (Wildman–Crippen LogP) is 3.02. The minimum atomic E-state index is -0.169. The van der Waals surface area contributed by atoms with E-state index in [0.29, 0.717) is 5.78 Å². The summed E-state index contributed by atoms with van der Waals surface area (Å²) in [6.07, 6.45) is 8.48. The van der Waals surface area contributed by atoms with Crippen LogP contribution < -0.4 is 0 Å². The van der Waals surface area contributed by atoms with Gasteiger partial charge < -0.3 is 0 Å². The maximum atomic E-state index is 12.1. The zero-order chi connectivity index (χ0) is 9.47. The number of Topliss-reactive ketones (excluding diaryl/α,β-unsaturated/α-hetero) is 1. The Bertz CT molecular complexity index is 305. The molecule has 2 aliphatic carbocycles. The molecule has 0 saturated heterocycles. The van der Waals surface area contributed by atoms with Gasteiger partial charge in [0.25, 0.3) is 0 Å². The third-order valence-corrected chi connectivity index (χ3v) is 3.10. The minimum Gasteiger partial charge on any atom is -0.294 e. The maximum Gasteiger partial charge on any atom is 0.165 e. The van der Waals surface area contributed by atoms with Gasteiger partial charge in [-0.1, -0.05) is 26.0 Å². The highest BCUT2D eigenvalue weighted by molar-refractivity contribution is 6.01. The molecule has 0 atom stereocenters. The summed E-state index contributed by atoms with van der Waals surface area (Å²) in [5.41, 5.74) is 2.24. The van der Waals surface area contributed by atoms with Crippen molar-refractivity contribution >= 4 is 5.78 Å². The lowest BCUT2D eigenvalue weighted by Gasteiger charge is -2.20. The van der Waals surface area contributed by atoms with Gasteiger partial charge in [0.1, 0.15) is 0 Å². The SMILES string of the molecule is CC1(C)CC=CC2=C(CCC2)C1=O. The van der Waals surface area contributed by atoms with E-state index in [2.05, 4.69) is 12.2 Å². The Balaban J connectivity index is 2.42. The number of hydrogen-bond acceptors (Lipinski definition) is 1. The Morgan fingerprint density at radius 1 is 1.31 bits per heavy atom. The summed E-state index contributed by atoms with van der Waals surface area (Å²) in [6.45, 7) is 4.10. The zero-order valence-corrected chi connectivity index (χ0v) is 8.39. The van der Waals surface area contributed by atoms with Crippen LogP contribution in [0.15, 0.2) is 23.3 Å². The second-order valence-electron chi connectivity index (χ2n) is 4.68. The van der Waals surface area contributed by atoms with Gasteiger partial charge in [0, 0.05) is 5.41 Å². The summed E-state index contributed by atoms with van der Waals surface area (Å²) in [7, 11) is 0. The maximum absolute atomic E-state index is 12.1. The fourth-order valence-electron chi connectivity index (χ4n) is 2.21. The molecule has 2 rings (SSSR count). The van der Waals surface area contributed by atoms with E-state index in [1.165, 1.54) is 5.57 Å². The van der Waals surface area contributed by atoms with Crippen molar-refractivity contribution in [2.45, 2.75) is 39.5 Å². The largest absolute Gasteiger partial charge is 0.294 e. The summed E-state index contributed by atoms with van der Waals surface area (Å²) in [4.78, 5) is 12.1. The number of rotatable bonds is 0. The van der Waals surface area contributed by atoms with Crippen LogP contribution in [0.3, 0.4) is 0 Å². The molecule has 0 radical (unpaired) electrons. The topological polar surface area (TPSA) is 17.1 Å². The van der Waals surface area contributed by atoms with Crippen LogP contribution in [0, 0.1) is 5.41 Å². The molecule has 1 heteroatoms. The molecule has 0 aromatic carbocycles. The van der Waals surface area contributed by atoms with Crippen LogP contribution in [-0.4, -0.2) is 5.78 Å². The van der Waals surface area contributed by atoms with Crippen molar-refractivity contribution < 1.29 is 4.79 Å². The lowest BCUT2D eigenvalue weighted by molar-refractivity contribution is -0.123. The molecule has 0 saturated carbocycles. The Kier molecular flexibility index (Phi) is 1.90. The smallest absolute Gasteiger partial charge is 0.165 e. The summed E-state index contributed by atoms with van der Waals surface area (Å²) < 4.78 is 0. The minimum absolute atomic E-state index is 0.169. The summed E-state index contributed by atoms with van der Waals surface area (Å²) in [6, 6.07) is 0. The van der Waals surface area contributed by atoms with E-state index < -0.39 is 0 Å². The van der Waals surface area contributed by atoms with Gasteiger partial charge >= 0.3 is 0 Å². The quantitative estimate of drug-likeness (QED) is 0.554. The lowest BCUT2D eigenvalue weighted by atomic mass is 9.81. The molecular weight excluding hydrogens is 160 g/mol. The number of hydrogen-bond donors (Lipinski definition) is 0. The normalized spacial score (nSPS) is 26.2. The number of ketones is 1. The van der Waals surface area contributed by atoms with E-state index in [9.17, 15) is 4.79 Å². The highest BCUT2D eigenvalue weighted by atomic mass is 16.1. The fraction of sp³-hybridized carbons (Fsp3) is 0.583. The van der Waals surface area contributed by atoms with Gasteiger partial charge in [-0.25, -0.2) is 0 Å². The Morgan fingerprint density at radius 2 is 2.08 bits per heavy atom. The monoisotopic (exact) mass is 176 g/mol. The van der Waals surface area contributed by atoms with E-state index in [4.69, 9.17) is 0 Å². The van der Waals surface area contributed by atoms with Crippen LogP contribution in [0.5, 0.6) is 0 Å². The molecule has 0 heterocycles. The van der Waals surface area contributed by atoms with E-state index in [0.717, 1.165) is 31.3 Å². The number of carbonyl (C=O) groups excluding carboxylic acids is 1. The molecule has 0 spiro atoms. The van der Waals surface area contributed by atoms with Gasteiger partial charge in [-0.15, -0.1) is 0 Å².